The van der Waals surface area contributed by atoms with Crippen molar-refractivity contribution in [1.82, 2.24) is 5.43 Å². The molecule has 0 saturated carbocycles. The van der Waals surface area contributed by atoms with Crippen molar-refractivity contribution in [3.8, 4) is 0 Å². The SMILES string of the molecule is Cc1ccc(/C=N\NC(=S)Nc2ccccc2)s1. The Kier molecular flexibility index (Phi) is 4.44. The minimum absolute atomic E-state index is 0.478. The number of nitrogens with zero attached hydrogens (tertiary/aromatic N) is 1. The van der Waals surface area contributed by atoms with Crippen molar-refractivity contribution in [3.63, 3.8) is 0 Å². The van der Waals surface area contributed by atoms with Gasteiger partial charge in [0.2, 0.25) is 0 Å². The Balaban J connectivity index is 1.83. The van der Waals surface area contributed by atoms with Crippen molar-refractivity contribution in [1.29, 1.82) is 0 Å². The lowest BCUT2D eigenvalue weighted by Gasteiger charge is -2.05. The summed E-state index contributed by atoms with van der Waals surface area (Å²) >= 11 is 6.81. The number of rotatable bonds is 3. The largest absolute Gasteiger partial charge is 0.331 e. The monoisotopic (exact) mass is 275 g/mol. The summed E-state index contributed by atoms with van der Waals surface area (Å²) in [5.41, 5.74) is 3.73. The second-order valence-electron chi connectivity index (χ2n) is 3.64. The predicted octanol–water partition coefficient (Wildman–Crippen LogP) is 3.38. The molecule has 0 spiro atoms. The van der Waals surface area contributed by atoms with Gasteiger partial charge in [-0.1, -0.05) is 18.2 Å². The quantitative estimate of drug-likeness (QED) is 0.512. The fraction of sp³-hybridized carbons (Fsp3) is 0.0769. The molecule has 0 aliphatic carbocycles. The van der Waals surface area contributed by atoms with E-state index in [9.17, 15) is 0 Å². The Hall–Kier alpha value is -1.72. The maximum absolute atomic E-state index is 5.12. The van der Waals surface area contributed by atoms with Gasteiger partial charge in [0, 0.05) is 15.4 Å². The van der Waals surface area contributed by atoms with Gasteiger partial charge < -0.3 is 5.32 Å². The fourth-order valence-electron chi connectivity index (χ4n) is 1.36. The van der Waals surface area contributed by atoms with Gasteiger partial charge in [-0.05, 0) is 43.4 Å². The molecule has 0 fully saturated rings. The smallest absolute Gasteiger partial charge is 0.191 e. The fourth-order valence-corrected chi connectivity index (χ4v) is 2.28. The van der Waals surface area contributed by atoms with Crippen LogP contribution < -0.4 is 10.7 Å². The highest BCUT2D eigenvalue weighted by Crippen LogP contribution is 2.12. The van der Waals surface area contributed by atoms with E-state index in [1.54, 1.807) is 17.6 Å². The van der Waals surface area contributed by atoms with Crippen molar-refractivity contribution in [2.75, 3.05) is 5.32 Å². The second-order valence-corrected chi connectivity index (χ2v) is 5.37. The van der Waals surface area contributed by atoms with E-state index in [1.807, 2.05) is 36.4 Å². The van der Waals surface area contributed by atoms with Gasteiger partial charge in [-0.3, -0.25) is 5.43 Å². The first-order chi connectivity index (χ1) is 8.74. The van der Waals surface area contributed by atoms with Gasteiger partial charge in [0.1, 0.15) is 0 Å². The highest BCUT2D eigenvalue weighted by molar-refractivity contribution is 7.80. The van der Waals surface area contributed by atoms with Crippen LogP contribution in [0.5, 0.6) is 0 Å². The molecule has 2 rings (SSSR count). The van der Waals surface area contributed by atoms with Crippen LogP contribution in [-0.4, -0.2) is 11.3 Å². The maximum atomic E-state index is 5.12. The second kappa shape index (κ2) is 6.28. The van der Waals surface area contributed by atoms with E-state index in [1.165, 1.54) is 4.88 Å². The Morgan fingerprint density at radius 2 is 2.00 bits per heavy atom. The lowest BCUT2D eigenvalue weighted by molar-refractivity contribution is 1.05. The van der Waals surface area contributed by atoms with Crippen LogP contribution in [0.4, 0.5) is 5.69 Å². The molecular formula is C13H13N3S2. The molecule has 0 amide bonds. The Bertz CT molecular complexity index is 546. The summed E-state index contributed by atoms with van der Waals surface area (Å²) in [4.78, 5) is 2.36. The number of nitrogens with one attached hydrogen (secondary N) is 2. The van der Waals surface area contributed by atoms with Gasteiger partial charge in [0.25, 0.3) is 0 Å². The molecule has 1 aromatic heterocycles. The molecule has 0 radical (unpaired) electrons. The first kappa shape index (κ1) is 12.7. The van der Waals surface area contributed by atoms with Crippen LogP contribution in [0.3, 0.4) is 0 Å². The summed E-state index contributed by atoms with van der Waals surface area (Å²) in [5, 5.41) is 7.60. The van der Waals surface area contributed by atoms with E-state index in [-0.39, 0.29) is 0 Å². The maximum Gasteiger partial charge on any atom is 0.191 e. The van der Waals surface area contributed by atoms with Gasteiger partial charge in [-0.2, -0.15) is 5.10 Å². The minimum Gasteiger partial charge on any atom is -0.331 e. The number of hydrogen-bond donors (Lipinski definition) is 2. The lowest BCUT2D eigenvalue weighted by Crippen LogP contribution is -2.23. The first-order valence-corrected chi connectivity index (χ1v) is 6.68. The van der Waals surface area contributed by atoms with Gasteiger partial charge in [0.05, 0.1) is 6.21 Å². The molecule has 0 atom stereocenters. The van der Waals surface area contributed by atoms with Gasteiger partial charge in [0.15, 0.2) is 5.11 Å². The van der Waals surface area contributed by atoms with Gasteiger partial charge in [-0.25, -0.2) is 0 Å². The number of aryl methyl sites for hydroxylation is 1. The molecule has 0 saturated heterocycles. The Labute approximate surface area is 116 Å². The number of thiophene rings is 1. The molecule has 2 aromatic rings. The summed E-state index contributed by atoms with van der Waals surface area (Å²) in [6.07, 6.45) is 1.76. The van der Waals surface area contributed by atoms with Crippen LogP contribution in [0.15, 0.2) is 47.6 Å². The summed E-state index contributed by atoms with van der Waals surface area (Å²) in [6.45, 7) is 2.07. The van der Waals surface area contributed by atoms with Crippen LogP contribution in [0.1, 0.15) is 9.75 Å². The van der Waals surface area contributed by atoms with Crippen molar-refractivity contribution in [2.24, 2.45) is 5.10 Å². The van der Waals surface area contributed by atoms with Gasteiger partial charge >= 0.3 is 0 Å². The molecule has 2 N–H and O–H groups in total. The summed E-state index contributed by atoms with van der Waals surface area (Å²) in [7, 11) is 0. The summed E-state index contributed by atoms with van der Waals surface area (Å²) < 4.78 is 0. The van der Waals surface area contributed by atoms with Crippen LogP contribution >= 0.6 is 23.6 Å². The number of para-hydroxylation sites is 1. The predicted molar refractivity (Wildman–Crippen MR) is 82.4 cm³/mol. The highest BCUT2D eigenvalue weighted by Gasteiger charge is 1.95. The van der Waals surface area contributed by atoms with Crippen LogP contribution in [-0.2, 0) is 0 Å². The number of hydrogen-bond acceptors (Lipinski definition) is 3. The number of hydrazone groups is 1. The zero-order valence-electron chi connectivity index (χ0n) is 9.88. The van der Waals surface area contributed by atoms with E-state index >= 15 is 0 Å². The average molecular weight is 275 g/mol. The third-order valence-electron chi connectivity index (χ3n) is 2.15. The van der Waals surface area contributed by atoms with E-state index < -0.39 is 0 Å². The number of thiocarbonyl (C=S) groups is 1. The van der Waals surface area contributed by atoms with Crippen molar-refractivity contribution in [3.05, 3.63) is 52.2 Å². The topological polar surface area (TPSA) is 36.4 Å². The van der Waals surface area contributed by atoms with E-state index in [0.717, 1.165) is 10.6 Å². The molecule has 0 bridgehead atoms. The van der Waals surface area contributed by atoms with Crippen LogP contribution in [0.25, 0.3) is 0 Å². The number of benzene rings is 1. The molecule has 18 heavy (non-hydrogen) atoms. The zero-order valence-corrected chi connectivity index (χ0v) is 11.5. The normalized spacial score (nSPS) is 10.5. The van der Waals surface area contributed by atoms with E-state index in [0.29, 0.717) is 5.11 Å². The molecule has 92 valence electrons. The van der Waals surface area contributed by atoms with Crippen molar-refractivity contribution < 1.29 is 0 Å². The standard InChI is InChI=1S/C13H13N3S2/c1-10-7-8-12(18-10)9-14-16-13(17)15-11-5-3-2-4-6-11/h2-9H,1H3,(H2,15,16,17)/b14-9-. The zero-order chi connectivity index (χ0) is 12.8. The number of anilines is 1. The van der Waals surface area contributed by atoms with Crippen molar-refractivity contribution in [2.45, 2.75) is 6.92 Å². The third kappa shape index (κ3) is 3.94. The Morgan fingerprint density at radius 3 is 2.67 bits per heavy atom. The lowest BCUT2D eigenvalue weighted by atomic mass is 10.3. The molecule has 1 heterocycles. The molecule has 0 aliphatic heterocycles. The molecular weight excluding hydrogens is 262 g/mol. The minimum atomic E-state index is 0.478. The molecule has 1 aromatic carbocycles. The van der Waals surface area contributed by atoms with E-state index in [2.05, 4.69) is 28.8 Å². The van der Waals surface area contributed by atoms with Crippen molar-refractivity contribution >= 4 is 40.6 Å². The third-order valence-corrected chi connectivity index (χ3v) is 3.28. The van der Waals surface area contributed by atoms with Crippen LogP contribution in [0, 0.1) is 6.92 Å². The van der Waals surface area contributed by atoms with E-state index in [4.69, 9.17) is 12.2 Å². The molecule has 0 aliphatic rings. The van der Waals surface area contributed by atoms with Gasteiger partial charge in [-0.15, -0.1) is 11.3 Å². The molecule has 0 unspecified atom stereocenters. The first-order valence-electron chi connectivity index (χ1n) is 5.45. The molecule has 3 nitrogen and oxygen atoms in total. The summed E-state index contributed by atoms with van der Waals surface area (Å²) in [5.74, 6) is 0. The molecule has 5 heteroatoms. The Morgan fingerprint density at radius 1 is 1.22 bits per heavy atom. The van der Waals surface area contributed by atoms with Crippen LogP contribution in [0.2, 0.25) is 0 Å². The summed E-state index contributed by atoms with van der Waals surface area (Å²) in [6, 6.07) is 13.8. The average Bonchev–Trinajstić information content (AvgIpc) is 2.76. The highest BCUT2D eigenvalue weighted by atomic mass is 32.1.